The van der Waals surface area contributed by atoms with Crippen LogP contribution in [-0.2, 0) is 16.0 Å². The Balaban J connectivity index is 2.24. The minimum Gasteiger partial charge on any atom is -0.355 e. The molecule has 0 heterocycles. The van der Waals surface area contributed by atoms with Gasteiger partial charge in [0.05, 0.1) is 0 Å². The van der Waals surface area contributed by atoms with Crippen molar-refractivity contribution in [2.75, 3.05) is 20.1 Å². The second-order valence-electron chi connectivity index (χ2n) is 5.07. The molecule has 1 aromatic carbocycles. The first-order valence-corrected chi connectivity index (χ1v) is 7.65. The van der Waals surface area contributed by atoms with E-state index in [1.165, 1.54) is 0 Å². The van der Waals surface area contributed by atoms with Gasteiger partial charge in [-0.15, -0.1) is 0 Å². The van der Waals surface area contributed by atoms with Crippen molar-refractivity contribution in [2.45, 2.75) is 32.6 Å². The molecule has 1 aromatic rings. The lowest BCUT2D eigenvalue weighted by atomic mass is 10.1. The molecule has 116 valence electrons. The molecule has 0 spiro atoms. The van der Waals surface area contributed by atoms with E-state index in [2.05, 4.69) is 12.2 Å². The Kier molecular flexibility index (Phi) is 7.83. The fourth-order valence-corrected chi connectivity index (χ4v) is 1.98. The largest absolute Gasteiger partial charge is 0.355 e. The van der Waals surface area contributed by atoms with E-state index in [9.17, 15) is 9.59 Å². The highest BCUT2D eigenvalue weighted by atomic mass is 35.5. The van der Waals surface area contributed by atoms with Gasteiger partial charge in [-0.1, -0.05) is 37.1 Å². The zero-order valence-corrected chi connectivity index (χ0v) is 13.4. The first-order valence-electron chi connectivity index (χ1n) is 7.28. The van der Waals surface area contributed by atoms with Crippen LogP contribution in [0, 0.1) is 0 Å². The van der Waals surface area contributed by atoms with Crippen LogP contribution >= 0.6 is 11.6 Å². The van der Waals surface area contributed by atoms with Crippen LogP contribution in [0.2, 0.25) is 5.02 Å². The van der Waals surface area contributed by atoms with Crippen LogP contribution in [0.25, 0.3) is 0 Å². The predicted octanol–water partition coefficient (Wildman–Crippen LogP) is 2.65. The fraction of sp³-hybridized carbons (Fsp3) is 0.500. The highest BCUT2D eigenvalue weighted by molar-refractivity contribution is 6.30. The Bertz CT molecular complexity index is 460. The Morgan fingerprint density at radius 3 is 2.52 bits per heavy atom. The van der Waals surface area contributed by atoms with Crippen LogP contribution < -0.4 is 5.32 Å². The van der Waals surface area contributed by atoms with Crippen molar-refractivity contribution in [1.82, 2.24) is 10.2 Å². The standard InChI is InChI=1S/C16H23ClN2O2/c1-3-4-11-19(2)16(21)12-15(20)18-10-9-13-5-7-14(17)8-6-13/h5-8H,3-4,9-12H2,1-2H3,(H,18,20). The molecule has 21 heavy (non-hydrogen) atoms. The number of hydrogen-bond acceptors (Lipinski definition) is 2. The summed E-state index contributed by atoms with van der Waals surface area (Å²) in [7, 11) is 1.74. The van der Waals surface area contributed by atoms with Crippen molar-refractivity contribution in [3.05, 3.63) is 34.9 Å². The molecule has 0 fully saturated rings. The molecule has 0 aliphatic heterocycles. The zero-order chi connectivity index (χ0) is 15.7. The van der Waals surface area contributed by atoms with Crippen molar-refractivity contribution in [1.29, 1.82) is 0 Å². The van der Waals surface area contributed by atoms with Crippen molar-refractivity contribution < 1.29 is 9.59 Å². The minimum absolute atomic E-state index is 0.0825. The molecule has 0 aliphatic carbocycles. The van der Waals surface area contributed by atoms with Crippen LogP contribution in [-0.4, -0.2) is 36.9 Å². The maximum Gasteiger partial charge on any atom is 0.231 e. The van der Waals surface area contributed by atoms with E-state index in [1.807, 2.05) is 24.3 Å². The third-order valence-corrected chi connectivity index (χ3v) is 3.49. The van der Waals surface area contributed by atoms with Crippen molar-refractivity contribution in [3.63, 3.8) is 0 Å². The van der Waals surface area contributed by atoms with E-state index in [0.29, 0.717) is 18.1 Å². The van der Waals surface area contributed by atoms with Gasteiger partial charge in [0.2, 0.25) is 11.8 Å². The van der Waals surface area contributed by atoms with Gasteiger partial charge in [0.15, 0.2) is 0 Å². The lowest BCUT2D eigenvalue weighted by Gasteiger charge is -2.16. The molecule has 0 bridgehead atoms. The molecule has 0 aromatic heterocycles. The molecule has 1 rings (SSSR count). The lowest BCUT2D eigenvalue weighted by Crippen LogP contribution is -2.34. The minimum atomic E-state index is -0.225. The maximum absolute atomic E-state index is 11.8. The summed E-state index contributed by atoms with van der Waals surface area (Å²) in [4.78, 5) is 25.1. The summed E-state index contributed by atoms with van der Waals surface area (Å²) in [5.74, 6) is -0.357. The summed E-state index contributed by atoms with van der Waals surface area (Å²) >= 11 is 5.81. The molecule has 0 saturated carbocycles. The molecular weight excluding hydrogens is 288 g/mol. The number of carbonyl (C=O) groups is 2. The Morgan fingerprint density at radius 2 is 1.90 bits per heavy atom. The van der Waals surface area contributed by atoms with Crippen molar-refractivity contribution >= 4 is 23.4 Å². The van der Waals surface area contributed by atoms with E-state index in [0.717, 1.165) is 24.8 Å². The van der Waals surface area contributed by atoms with Crippen LogP contribution in [0.15, 0.2) is 24.3 Å². The normalized spacial score (nSPS) is 10.2. The molecule has 4 nitrogen and oxygen atoms in total. The number of benzene rings is 1. The highest BCUT2D eigenvalue weighted by Crippen LogP contribution is 2.09. The molecule has 0 aliphatic rings. The lowest BCUT2D eigenvalue weighted by molar-refractivity contribution is -0.135. The van der Waals surface area contributed by atoms with E-state index < -0.39 is 0 Å². The molecule has 0 radical (unpaired) electrons. The highest BCUT2D eigenvalue weighted by Gasteiger charge is 2.12. The predicted molar refractivity (Wildman–Crippen MR) is 85.3 cm³/mol. The average Bonchev–Trinajstić information content (AvgIpc) is 2.46. The maximum atomic E-state index is 11.8. The van der Waals surface area contributed by atoms with Gasteiger partial charge < -0.3 is 10.2 Å². The number of halogens is 1. The quantitative estimate of drug-likeness (QED) is 0.750. The van der Waals surface area contributed by atoms with Crippen molar-refractivity contribution in [3.8, 4) is 0 Å². The number of amides is 2. The number of hydrogen-bond donors (Lipinski definition) is 1. The summed E-state index contributed by atoms with van der Waals surface area (Å²) in [6, 6.07) is 7.51. The molecule has 5 heteroatoms. The van der Waals surface area contributed by atoms with Crippen LogP contribution in [0.4, 0.5) is 0 Å². The van der Waals surface area contributed by atoms with Gasteiger partial charge in [-0.05, 0) is 30.5 Å². The molecule has 0 unspecified atom stereocenters. The molecule has 0 saturated heterocycles. The molecule has 2 amide bonds. The number of nitrogens with zero attached hydrogens (tertiary/aromatic N) is 1. The summed E-state index contributed by atoms with van der Waals surface area (Å²) < 4.78 is 0. The van der Waals surface area contributed by atoms with Crippen LogP contribution in [0.3, 0.4) is 0 Å². The first-order chi connectivity index (χ1) is 10.0. The summed E-state index contributed by atoms with van der Waals surface area (Å²) in [5.41, 5.74) is 1.10. The van der Waals surface area contributed by atoms with E-state index in [1.54, 1.807) is 11.9 Å². The van der Waals surface area contributed by atoms with E-state index in [-0.39, 0.29) is 18.2 Å². The molecule has 1 N–H and O–H groups in total. The summed E-state index contributed by atoms with van der Waals surface area (Å²) in [6.45, 7) is 3.29. The van der Waals surface area contributed by atoms with Gasteiger partial charge in [0.1, 0.15) is 6.42 Å². The number of unbranched alkanes of at least 4 members (excludes halogenated alkanes) is 1. The average molecular weight is 311 g/mol. The van der Waals surface area contributed by atoms with Gasteiger partial charge in [-0.2, -0.15) is 0 Å². The number of carbonyl (C=O) groups excluding carboxylic acids is 2. The smallest absolute Gasteiger partial charge is 0.231 e. The zero-order valence-electron chi connectivity index (χ0n) is 12.7. The second kappa shape index (κ2) is 9.40. The topological polar surface area (TPSA) is 49.4 Å². The van der Waals surface area contributed by atoms with Crippen LogP contribution in [0.5, 0.6) is 0 Å². The summed E-state index contributed by atoms with van der Waals surface area (Å²) in [6.07, 6.45) is 2.63. The van der Waals surface area contributed by atoms with Gasteiger partial charge in [-0.3, -0.25) is 9.59 Å². The Morgan fingerprint density at radius 1 is 1.24 bits per heavy atom. The van der Waals surface area contributed by atoms with Gasteiger partial charge >= 0.3 is 0 Å². The van der Waals surface area contributed by atoms with E-state index in [4.69, 9.17) is 11.6 Å². The Hall–Kier alpha value is -1.55. The van der Waals surface area contributed by atoms with Crippen LogP contribution in [0.1, 0.15) is 31.7 Å². The van der Waals surface area contributed by atoms with Gasteiger partial charge in [0.25, 0.3) is 0 Å². The SMILES string of the molecule is CCCCN(C)C(=O)CC(=O)NCCc1ccc(Cl)cc1. The number of nitrogens with one attached hydrogen (secondary N) is 1. The first kappa shape index (κ1) is 17.5. The number of rotatable bonds is 8. The van der Waals surface area contributed by atoms with Gasteiger partial charge in [0, 0.05) is 25.2 Å². The fourth-order valence-electron chi connectivity index (χ4n) is 1.85. The Labute approximate surface area is 131 Å². The molecular formula is C16H23ClN2O2. The molecule has 0 atom stereocenters. The third-order valence-electron chi connectivity index (χ3n) is 3.23. The third kappa shape index (κ3) is 7.14. The van der Waals surface area contributed by atoms with Crippen molar-refractivity contribution in [2.24, 2.45) is 0 Å². The summed E-state index contributed by atoms with van der Waals surface area (Å²) in [5, 5.41) is 3.47. The van der Waals surface area contributed by atoms with Gasteiger partial charge in [-0.25, -0.2) is 0 Å². The second-order valence-corrected chi connectivity index (χ2v) is 5.51. The van der Waals surface area contributed by atoms with E-state index >= 15 is 0 Å². The monoisotopic (exact) mass is 310 g/mol.